The van der Waals surface area contributed by atoms with Crippen molar-refractivity contribution in [2.75, 3.05) is 13.2 Å². The van der Waals surface area contributed by atoms with Crippen LogP contribution in [-0.2, 0) is 11.2 Å². The maximum absolute atomic E-state index is 12.2. The fourth-order valence-electron chi connectivity index (χ4n) is 3.33. The molecule has 1 aromatic carbocycles. The van der Waals surface area contributed by atoms with Gasteiger partial charge in [0, 0.05) is 17.7 Å². The van der Waals surface area contributed by atoms with Crippen LogP contribution in [0.3, 0.4) is 0 Å². The SMILES string of the molecule is Cc1cc(=O)oc2c3c(cc(OCC(=O)NC(C)(C)CO)c12)OC(C)(C)CC3. The monoisotopic (exact) mass is 389 g/mol. The first kappa shape index (κ1) is 20.2. The van der Waals surface area contributed by atoms with Crippen LogP contribution < -0.4 is 20.4 Å². The molecule has 152 valence electrons. The van der Waals surface area contributed by atoms with Gasteiger partial charge in [-0.2, -0.15) is 0 Å². The van der Waals surface area contributed by atoms with Crippen LogP contribution >= 0.6 is 0 Å². The summed E-state index contributed by atoms with van der Waals surface area (Å²) in [6, 6.07) is 3.17. The Labute approximate surface area is 163 Å². The Morgan fingerprint density at radius 3 is 2.75 bits per heavy atom. The molecular weight excluding hydrogens is 362 g/mol. The first-order chi connectivity index (χ1) is 13.0. The van der Waals surface area contributed by atoms with Crippen molar-refractivity contribution in [3.05, 3.63) is 33.7 Å². The van der Waals surface area contributed by atoms with Gasteiger partial charge in [0.1, 0.15) is 22.7 Å². The third-order valence-electron chi connectivity index (χ3n) is 4.83. The highest BCUT2D eigenvalue weighted by Crippen LogP contribution is 2.42. The molecular formula is C21H27NO6. The fraction of sp³-hybridized carbons (Fsp3) is 0.524. The number of hydrogen-bond donors (Lipinski definition) is 2. The van der Waals surface area contributed by atoms with Crippen LogP contribution in [0.25, 0.3) is 11.0 Å². The van der Waals surface area contributed by atoms with Crippen LogP contribution in [0.2, 0.25) is 0 Å². The molecule has 2 N–H and O–H groups in total. The largest absolute Gasteiger partial charge is 0.487 e. The van der Waals surface area contributed by atoms with Gasteiger partial charge in [-0.1, -0.05) is 0 Å². The molecule has 0 saturated heterocycles. The van der Waals surface area contributed by atoms with E-state index in [0.29, 0.717) is 28.0 Å². The summed E-state index contributed by atoms with van der Waals surface area (Å²) in [7, 11) is 0. The second-order valence-electron chi connectivity index (χ2n) is 8.54. The summed E-state index contributed by atoms with van der Waals surface area (Å²) in [5.74, 6) is 0.662. The van der Waals surface area contributed by atoms with Gasteiger partial charge in [-0.3, -0.25) is 4.79 Å². The van der Waals surface area contributed by atoms with Crippen LogP contribution in [-0.4, -0.2) is 35.4 Å². The summed E-state index contributed by atoms with van der Waals surface area (Å²) in [6.07, 6.45) is 1.52. The Balaban J connectivity index is 2.00. The second kappa shape index (κ2) is 7.13. The zero-order valence-electron chi connectivity index (χ0n) is 17.0. The van der Waals surface area contributed by atoms with Gasteiger partial charge in [0.15, 0.2) is 6.61 Å². The van der Waals surface area contributed by atoms with Crippen LogP contribution in [0.15, 0.2) is 21.3 Å². The Kier molecular flexibility index (Phi) is 5.14. The molecule has 1 aliphatic heterocycles. The van der Waals surface area contributed by atoms with Gasteiger partial charge >= 0.3 is 5.63 Å². The standard InChI is InChI=1S/C21H27NO6/c1-12-8-17(25)27-19-13-6-7-21(4,5)28-14(13)9-15(18(12)19)26-10-16(24)22-20(2,3)11-23/h8-9,23H,6-7,10-11H2,1-5H3,(H,22,24). The lowest BCUT2D eigenvalue weighted by Gasteiger charge is -2.33. The minimum absolute atomic E-state index is 0.187. The molecule has 0 saturated carbocycles. The number of carbonyl (C=O) groups excluding carboxylic acids is 1. The van der Waals surface area contributed by atoms with E-state index in [-0.39, 0.29) is 24.7 Å². The third kappa shape index (κ3) is 4.14. The first-order valence-corrected chi connectivity index (χ1v) is 9.35. The number of nitrogens with one attached hydrogen (secondary N) is 1. The number of benzene rings is 1. The van der Waals surface area contributed by atoms with E-state index in [2.05, 4.69) is 5.32 Å². The second-order valence-corrected chi connectivity index (χ2v) is 8.54. The lowest BCUT2D eigenvalue weighted by Crippen LogP contribution is -2.48. The minimum atomic E-state index is -0.742. The molecule has 1 amide bonds. The molecule has 1 aliphatic rings. The average molecular weight is 389 g/mol. The predicted octanol–water partition coefficient (Wildman–Crippen LogP) is 2.47. The summed E-state index contributed by atoms with van der Waals surface area (Å²) in [5, 5.41) is 12.7. The molecule has 28 heavy (non-hydrogen) atoms. The Morgan fingerprint density at radius 2 is 2.07 bits per heavy atom. The molecule has 2 aromatic rings. The van der Waals surface area contributed by atoms with Crippen molar-refractivity contribution in [1.82, 2.24) is 5.32 Å². The van der Waals surface area contributed by atoms with Crippen LogP contribution in [0.4, 0.5) is 0 Å². The van der Waals surface area contributed by atoms with E-state index in [1.807, 2.05) is 13.8 Å². The van der Waals surface area contributed by atoms with E-state index in [1.165, 1.54) is 6.07 Å². The van der Waals surface area contributed by atoms with Gasteiger partial charge in [-0.15, -0.1) is 0 Å². The van der Waals surface area contributed by atoms with E-state index < -0.39 is 11.2 Å². The first-order valence-electron chi connectivity index (χ1n) is 9.35. The Morgan fingerprint density at radius 1 is 1.36 bits per heavy atom. The van der Waals surface area contributed by atoms with Crippen molar-refractivity contribution in [1.29, 1.82) is 0 Å². The van der Waals surface area contributed by atoms with Gasteiger partial charge in [-0.05, 0) is 53.0 Å². The Hall–Kier alpha value is -2.54. The molecule has 0 aliphatic carbocycles. The highest BCUT2D eigenvalue weighted by molar-refractivity contribution is 5.91. The van der Waals surface area contributed by atoms with Gasteiger partial charge in [0.05, 0.1) is 17.5 Å². The maximum Gasteiger partial charge on any atom is 0.336 e. The zero-order chi connectivity index (χ0) is 20.7. The van der Waals surface area contributed by atoms with Crippen molar-refractivity contribution in [2.24, 2.45) is 0 Å². The number of fused-ring (bicyclic) bond motifs is 3. The number of ether oxygens (including phenoxy) is 2. The molecule has 7 nitrogen and oxygen atoms in total. The number of rotatable bonds is 5. The number of aryl methyl sites for hydroxylation is 2. The highest BCUT2D eigenvalue weighted by atomic mass is 16.5. The van der Waals surface area contributed by atoms with Gasteiger partial charge in [-0.25, -0.2) is 4.79 Å². The van der Waals surface area contributed by atoms with E-state index >= 15 is 0 Å². The predicted molar refractivity (Wildman–Crippen MR) is 105 cm³/mol. The molecule has 0 spiro atoms. The average Bonchev–Trinajstić information content (AvgIpc) is 2.57. The minimum Gasteiger partial charge on any atom is -0.487 e. The van der Waals surface area contributed by atoms with E-state index in [9.17, 15) is 14.7 Å². The molecule has 3 rings (SSSR count). The normalized spacial score (nSPS) is 15.6. The topological polar surface area (TPSA) is 98.0 Å². The molecule has 0 bridgehead atoms. The number of carbonyl (C=O) groups is 1. The summed E-state index contributed by atoms with van der Waals surface area (Å²) in [6.45, 7) is 8.81. The molecule has 2 heterocycles. The summed E-state index contributed by atoms with van der Waals surface area (Å²) < 4.78 is 17.4. The molecule has 0 atom stereocenters. The number of hydrogen-bond acceptors (Lipinski definition) is 6. The number of aliphatic hydroxyl groups is 1. The van der Waals surface area contributed by atoms with Crippen molar-refractivity contribution in [3.8, 4) is 11.5 Å². The van der Waals surface area contributed by atoms with Crippen molar-refractivity contribution >= 4 is 16.9 Å². The van der Waals surface area contributed by atoms with Crippen molar-refractivity contribution in [3.63, 3.8) is 0 Å². The number of amides is 1. The van der Waals surface area contributed by atoms with Gasteiger partial charge in [0.2, 0.25) is 0 Å². The quantitative estimate of drug-likeness (QED) is 0.763. The van der Waals surface area contributed by atoms with E-state index in [1.54, 1.807) is 26.8 Å². The van der Waals surface area contributed by atoms with Crippen molar-refractivity contribution < 1.29 is 23.8 Å². The van der Waals surface area contributed by atoms with Crippen LogP contribution in [0.5, 0.6) is 11.5 Å². The van der Waals surface area contributed by atoms with E-state index in [4.69, 9.17) is 13.9 Å². The fourth-order valence-corrected chi connectivity index (χ4v) is 3.33. The van der Waals surface area contributed by atoms with Crippen LogP contribution in [0.1, 0.15) is 45.2 Å². The molecule has 1 aromatic heterocycles. The lowest BCUT2D eigenvalue weighted by molar-refractivity contribution is -0.125. The molecule has 0 radical (unpaired) electrons. The van der Waals surface area contributed by atoms with Crippen LogP contribution in [0, 0.1) is 6.92 Å². The maximum atomic E-state index is 12.2. The Bertz CT molecular complexity index is 973. The van der Waals surface area contributed by atoms with Gasteiger partial charge < -0.3 is 24.3 Å². The molecule has 0 unspecified atom stereocenters. The molecule has 7 heteroatoms. The third-order valence-corrected chi connectivity index (χ3v) is 4.83. The van der Waals surface area contributed by atoms with E-state index in [0.717, 1.165) is 18.4 Å². The smallest absolute Gasteiger partial charge is 0.336 e. The molecule has 0 fully saturated rings. The highest BCUT2D eigenvalue weighted by Gasteiger charge is 2.30. The van der Waals surface area contributed by atoms with Crippen molar-refractivity contribution in [2.45, 2.75) is 58.6 Å². The summed E-state index contributed by atoms with van der Waals surface area (Å²) in [5.41, 5.74) is 0.484. The summed E-state index contributed by atoms with van der Waals surface area (Å²) in [4.78, 5) is 24.2. The summed E-state index contributed by atoms with van der Waals surface area (Å²) >= 11 is 0. The lowest BCUT2D eigenvalue weighted by atomic mass is 9.92. The zero-order valence-corrected chi connectivity index (χ0v) is 17.0. The van der Waals surface area contributed by atoms with Gasteiger partial charge in [0.25, 0.3) is 5.91 Å². The number of aliphatic hydroxyl groups excluding tert-OH is 1.